The number of carbonyl (C=O) groups is 2. The van der Waals surface area contributed by atoms with Crippen LogP contribution in [0, 0.1) is 0 Å². The van der Waals surface area contributed by atoms with E-state index in [0.29, 0.717) is 13.0 Å². The fourth-order valence-corrected chi connectivity index (χ4v) is 4.14. The molecular weight excluding hydrogens is 332 g/mol. The van der Waals surface area contributed by atoms with Crippen molar-refractivity contribution in [3.05, 3.63) is 30.3 Å². The molecule has 1 aromatic carbocycles. The van der Waals surface area contributed by atoms with E-state index in [-0.39, 0.29) is 17.5 Å². The Balaban J connectivity index is 1.46. The molecule has 3 aliphatic rings. The number of ether oxygens (including phenoxy) is 2. The summed E-state index contributed by atoms with van der Waals surface area (Å²) in [6.45, 7) is 3.09. The average molecular weight is 358 g/mol. The van der Waals surface area contributed by atoms with Crippen LogP contribution in [0.2, 0.25) is 0 Å². The van der Waals surface area contributed by atoms with Crippen molar-refractivity contribution in [2.24, 2.45) is 0 Å². The maximum Gasteiger partial charge on any atom is 0.306 e. The zero-order valence-electron chi connectivity index (χ0n) is 15.3. The third-order valence-corrected chi connectivity index (χ3v) is 5.89. The van der Waals surface area contributed by atoms with Crippen LogP contribution >= 0.6 is 0 Å². The molecule has 0 bridgehead atoms. The summed E-state index contributed by atoms with van der Waals surface area (Å²) in [6.07, 6.45) is 3.83. The lowest BCUT2D eigenvalue weighted by Gasteiger charge is -2.50. The zero-order chi connectivity index (χ0) is 18.2. The van der Waals surface area contributed by atoms with Crippen LogP contribution in [-0.4, -0.2) is 61.3 Å². The van der Waals surface area contributed by atoms with Crippen LogP contribution in [0.4, 0.5) is 5.69 Å². The molecule has 2 aliphatic heterocycles. The van der Waals surface area contributed by atoms with Crippen LogP contribution in [0.5, 0.6) is 0 Å². The van der Waals surface area contributed by atoms with Crippen LogP contribution in [0.1, 0.15) is 32.1 Å². The van der Waals surface area contributed by atoms with Crippen LogP contribution in [0.15, 0.2) is 30.3 Å². The number of methoxy groups -OCH3 is 1. The van der Waals surface area contributed by atoms with Crippen molar-refractivity contribution in [1.82, 2.24) is 4.90 Å². The standard InChI is InChI=1S/C20H26N2O4/c1-25-17(23)7-12-21-13-10-19(11-14-21)15-22(16-5-3-2-4-6-16)18(24)20(26-19)8-9-20/h2-6H,7-15H2,1H3. The molecule has 4 rings (SSSR count). The molecule has 2 saturated heterocycles. The maximum atomic E-state index is 12.9. The molecule has 1 aliphatic carbocycles. The SMILES string of the molecule is COC(=O)CCN1CCC2(CC1)CN(c1ccccc1)C(=O)C1(CC1)O2. The van der Waals surface area contributed by atoms with Gasteiger partial charge in [-0.25, -0.2) is 0 Å². The highest BCUT2D eigenvalue weighted by molar-refractivity contribution is 6.02. The number of morpholine rings is 1. The molecule has 140 valence electrons. The monoisotopic (exact) mass is 358 g/mol. The number of benzene rings is 1. The van der Waals surface area contributed by atoms with Gasteiger partial charge in [-0.2, -0.15) is 0 Å². The van der Waals surface area contributed by atoms with Crippen molar-refractivity contribution in [3.63, 3.8) is 0 Å². The summed E-state index contributed by atoms with van der Waals surface area (Å²) in [5.41, 5.74) is 0.0872. The first kappa shape index (κ1) is 17.5. The topological polar surface area (TPSA) is 59.1 Å². The molecule has 1 amide bonds. The van der Waals surface area contributed by atoms with E-state index in [1.165, 1.54) is 7.11 Å². The molecule has 2 spiro atoms. The molecule has 0 unspecified atom stereocenters. The Morgan fingerprint density at radius 1 is 1.15 bits per heavy atom. The largest absolute Gasteiger partial charge is 0.469 e. The fourth-order valence-electron chi connectivity index (χ4n) is 4.14. The summed E-state index contributed by atoms with van der Waals surface area (Å²) in [5, 5.41) is 0. The highest BCUT2D eigenvalue weighted by atomic mass is 16.5. The van der Waals surface area contributed by atoms with E-state index in [2.05, 4.69) is 4.90 Å². The fraction of sp³-hybridized carbons (Fsp3) is 0.600. The molecule has 2 heterocycles. The molecular formula is C20H26N2O4. The van der Waals surface area contributed by atoms with Gasteiger partial charge in [0.25, 0.3) is 5.91 Å². The number of esters is 1. The molecule has 6 heteroatoms. The second-order valence-electron chi connectivity index (χ2n) is 7.67. The van der Waals surface area contributed by atoms with Gasteiger partial charge in [0, 0.05) is 25.3 Å². The minimum absolute atomic E-state index is 0.113. The summed E-state index contributed by atoms with van der Waals surface area (Å²) in [4.78, 5) is 28.5. The first-order valence-corrected chi connectivity index (χ1v) is 9.42. The van der Waals surface area contributed by atoms with E-state index in [1.807, 2.05) is 35.2 Å². The van der Waals surface area contributed by atoms with Crippen molar-refractivity contribution in [1.29, 1.82) is 0 Å². The predicted molar refractivity (Wildman–Crippen MR) is 96.9 cm³/mol. The van der Waals surface area contributed by atoms with Gasteiger partial charge in [-0.05, 0) is 37.8 Å². The number of hydrogen-bond donors (Lipinski definition) is 0. The maximum absolute atomic E-state index is 12.9. The number of amides is 1. The lowest BCUT2D eigenvalue weighted by atomic mass is 9.87. The lowest BCUT2D eigenvalue weighted by Crippen LogP contribution is -2.63. The number of nitrogens with zero attached hydrogens (tertiary/aromatic N) is 2. The molecule has 0 atom stereocenters. The third-order valence-electron chi connectivity index (χ3n) is 5.89. The van der Waals surface area contributed by atoms with Gasteiger partial charge in [0.15, 0.2) is 0 Å². The van der Waals surface area contributed by atoms with Crippen LogP contribution < -0.4 is 4.90 Å². The molecule has 0 radical (unpaired) electrons. The van der Waals surface area contributed by atoms with E-state index >= 15 is 0 Å². The first-order valence-electron chi connectivity index (χ1n) is 9.42. The number of rotatable bonds is 4. The molecule has 0 aromatic heterocycles. The van der Waals surface area contributed by atoms with Gasteiger partial charge in [0.05, 0.1) is 25.7 Å². The Labute approximate surface area is 154 Å². The number of piperidine rings is 1. The van der Waals surface area contributed by atoms with Gasteiger partial charge < -0.3 is 19.3 Å². The zero-order valence-corrected chi connectivity index (χ0v) is 15.3. The van der Waals surface area contributed by atoms with Gasteiger partial charge in [-0.1, -0.05) is 18.2 Å². The van der Waals surface area contributed by atoms with Crippen molar-refractivity contribution >= 4 is 17.6 Å². The number of anilines is 1. The molecule has 6 nitrogen and oxygen atoms in total. The highest BCUT2D eigenvalue weighted by Crippen LogP contribution is 2.50. The molecule has 1 saturated carbocycles. The van der Waals surface area contributed by atoms with Gasteiger partial charge in [0.1, 0.15) is 5.60 Å². The van der Waals surface area contributed by atoms with E-state index in [0.717, 1.165) is 51.0 Å². The van der Waals surface area contributed by atoms with Crippen molar-refractivity contribution in [3.8, 4) is 0 Å². The van der Waals surface area contributed by atoms with Crippen LogP contribution in [-0.2, 0) is 19.1 Å². The molecule has 3 fully saturated rings. The summed E-state index contributed by atoms with van der Waals surface area (Å²) < 4.78 is 11.2. The van der Waals surface area contributed by atoms with Gasteiger partial charge in [-0.3, -0.25) is 9.59 Å². The number of para-hydroxylation sites is 1. The minimum Gasteiger partial charge on any atom is -0.469 e. The van der Waals surface area contributed by atoms with Gasteiger partial charge >= 0.3 is 5.97 Å². The Hall–Kier alpha value is -1.92. The highest BCUT2D eigenvalue weighted by Gasteiger charge is 2.62. The second kappa shape index (κ2) is 6.67. The van der Waals surface area contributed by atoms with E-state index in [1.54, 1.807) is 0 Å². The first-order chi connectivity index (χ1) is 12.6. The average Bonchev–Trinajstić information content (AvgIpc) is 3.45. The Morgan fingerprint density at radius 3 is 2.46 bits per heavy atom. The van der Waals surface area contributed by atoms with E-state index < -0.39 is 5.60 Å². The number of hydrogen-bond acceptors (Lipinski definition) is 5. The third kappa shape index (κ3) is 3.23. The summed E-state index contributed by atoms with van der Waals surface area (Å²) in [7, 11) is 1.42. The minimum atomic E-state index is -0.595. The van der Waals surface area contributed by atoms with E-state index in [9.17, 15) is 9.59 Å². The lowest BCUT2D eigenvalue weighted by molar-refractivity contribution is -0.172. The number of carbonyl (C=O) groups excluding carboxylic acids is 2. The Morgan fingerprint density at radius 2 is 1.85 bits per heavy atom. The molecule has 26 heavy (non-hydrogen) atoms. The van der Waals surface area contributed by atoms with Crippen molar-refractivity contribution in [2.75, 3.05) is 38.2 Å². The summed E-state index contributed by atoms with van der Waals surface area (Å²) in [6, 6.07) is 9.91. The summed E-state index contributed by atoms with van der Waals surface area (Å²) in [5.74, 6) is -0.0561. The van der Waals surface area contributed by atoms with Crippen LogP contribution in [0.3, 0.4) is 0 Å². The quantitative estimate of drug-likeness (QED) is 0.771. The van der Waals surface area contributed by atoms with Gasteiger partial charge in [-0.15, -0.1) is 0 Å². The summed E-state index contributed by atoms with van der Waals surface area (Å²) >= 11 is 0. The Bertz CT molecular complexity index is 678. The number of likely N-dealkylation sites (tertiary alicyclic amines) is 1. The van der Waals surface area contributed by atoms with Crippen molar-refractivity contribution in [2.45, 2.75) is 43.3 Å². The predicted octanol–water partition coefficient (Wildman–Crippen LogP) is 1.98. The van der Waals surface area contributed by atoms with Gasteiger partial charge in [0.2, 0.25) is 0 Å². The smallest absolute Gasteiger partial charge is 0.306 e. The van der Waals surface area contributed by atoms with Crippen molar-refractivity contribution < 1.29 is 19.1 Å². The normalized spacial score (nSPS) is 24.0. The Kier molecular flexibility index (Phi) is 4.49. The van der Waals surface area contributed by atoms with E-state index in [4.69, 9.17) is 9.47 Å². The van der Waals surface area contributed by atoms with Crippen LogP contribution in [0.25, 0.3) is 0 Å². The molecule has 0 N–H and O–H groups in total. The molecule has 1 aromatic rings. The second-order valence-corrected chi connectivity index (χ2v) is 7.67.